The van der Waals surface area contributed by atoms with Gasteiger partial charge in [-0.3, -0.25) is 4.79 Å². The molecule has 2 saturated heterocycles. The third-order valence-electron chi connectivity index (χ3n) is 7.02. The van der Waals surface area contributed by atoms with E-state index in [1.54, 1.807) is 0 Å². The van der Waals surface area contributed by atoms with Gasteiger partial charge in [-0.2, -0.15) is 8.42 Å². The quantitative estimate of drug-likeness (QED) is 0.698. The molecule has 7 heteroatoms. The summed E-state index contributed by atoms with van der Waals surface area (Å²) in [4.78, 5) is 17.4. The molecule has 31 heavy (non-hydrogen) atoms. The van der Waals surface area contributed by atoms with Crippen molar-refractivity contribution in [3.63, 3.8) is 0 Å². The molecule has 0 radical (unpaired) electrons. The standard InChI is InChI=1S/C24H33N3O3S/c1-16-6-5-11-27(15-16)24(28)20-9-12-26(13-10-20)23-19(4)22(31(29,30)25-23)21-8-7-17(2)18(3)14-21/h7-8,14,16,20H,5-6,9-13,15H2,1-4H3. The van der Waals surface area contributed by atoms with Gasteiger partial charge in [0.1, 0.15) is 10.7 Å². The predicted octanol–water partition coefficient (Wildman–Crippen LogP) is 3.75. The number of benzene rings is 1. The van der Waals surface area contributed by atoms with E-state index in [0.717, 1.165) is 43.5 Å². The zero-order valence-electron chi connectivity index (χ0n) is 19.0. The second-order valence-electron chi connectivity index (χ2n) is 9.44. The number of rotatable bonds is 2. The molecule has 1 unspecified atom stereocenters. The molecule has 0 spiro atoms. The first-order chi connectivity index (χ1) is 14.7. The minimum Gasteiger partial charge on any atom is -0.356 e. The molecule has 4 rings (SSSR count). The molecule has 3 aliphatic heterocycles. The Hall–Kier alpha value is -2.15. The lowest BCUT2D eigenvalue weighted by molar-refractivity contribution is -0.138. The fourth-order valence-corrected chi connectivity index (χ4v) is 6.53. The van der Waals surface area contributed by atoms with E-state index in [2.05, 4.69) is 11.3 Å². The Morgan fingerprint density at radius 1 is 1.03 bits per heavy atom. The number of carbonyl (C=O) groups is 1. The topological polar surface area (TPSA) is 70.0 Å². The van der Waals surface area contributed by atoms with Crippen molar-refractivity contribution in [2.45, 2.75) is 53.4 Å². The Morgan fingerprint density at radius 2 is 1.74 bits per heavy atom. The van der Waals surface area contributed by atoms with Crippen LogP contribution in [0, 0.1) is 25.7 Å². The van der Waals surface area contributed by atoms with E-state index in [0.29, 0.717) is 40.9 Å². The van der Waals surface area contributed by atoms with Crippen molar-refractivity contribution in [1.82, 2.24) is 9.80 Å². The summed E-state index contributed by atoms with van der Waals surface area (Å²) in [5.41, 5.74) is 3.60. The minimum atomic E-state index is -3.72. The fraction of sp³-hybridized carbons (Fsp3) is 0.583. The van der Waals surface area contributed by atoms with Crippen LogP contribution in [-0.2, 0) is 14.8 Å². The lowest BCUT2D eigenvalue weighted by Crippen LogP contribution is -2.47. The molecular formula is C24H33N3O3S. The number of hydrogen-bond donors (Lipinski definition) is 0. The van der Waals surface area contributed by atoms with Gasteiger partial charge in [0.25, 0.3) is 10.0 Å². The third-order valence-corrected chi connectivity index (χ3v) is 8.49. The van der Waals surface area contributed by atoms with Gasteiger partial charge < -0.3 is 9.80 Å². The van der Waals surface area contributed by atoms with Crippen molar-refractivity contribution >= 4 is 26.7 Å². The minimum absolute atomic E-state index is 0.0312. The summed E-state index contributed by atoms with van der Waals surface area (Å²) in [6, 6.07) is 5.74. The Balaban J connectivity index is 1.49. The molecule has 6 nitrogen and oxygen atoms in total. The van der Waals surface area contributed by atoms with Crippen LogP contribution in [0.3, 0.4) is 0 Å². The molecule has 0 aliphatic carbocycles. The summed E-state index contributed by atoms with van der Waals surface area (Å²) in [6.07, 6.45) is 3.78. The van der Waals surface area contributed by atoms with Crippen LogP contribution in [0.5, 0.6) is 0 Å². The average molecular weight is 444 g/mol. The molecular weight excluding hydrogens is 410 g/mol. The number of nitrogens with zero attached hydrogens (tertiary/aromatic N) is 3. The molecule has 0 N–H and O–H groups in total. The average Bonchev–Trinajstić information content (AvgIpc) is 2.98. The highest BCUT2D eigenvalue weighted by Gasteiger charge is 2.37. The second-order valence-corrected chi connectivity index (χ2v) is 11.0. The highest BCUT2D eigenvalue weighted by atomic mass is 32.2. The van der Waals surface area contributed by atoms with E-state index >= 15 is 0 Å². The van der Waals surface area contributed by atoms with Crippen LogP contribution in [0.4, 0.5) is 0 Å². The molecule has 1 amide bonds. The number of piperidine rings is 2. The Morgan fingerprint density at radius 3 is 2.39 bits per heavy atom. The van der Waals surface area contributed by atoms with Gasteiger partial charge in [-0.05, 0) is 69.1 Å². The van der Waals surface area contributed by atoms with Crippen molar-refractivity contribution in [2.75, 3.05) is 26.2 Å². The van der Waals surface area contributed by atoms with Gasteiger partial charge in [0.15, 0.2) is 0 Å². The summed E-state index contributed by atoms with van der Waals surface area (Å²) in [6.45, 7) is 11.1. The SMILES string of the molecule is CC1=C(c2ccc(C)c(C)c2)S(=O)(=O)N=C1N1CCC(C(=O)N2CCCC(C)C2)CC1. The molecule has 1 aromatic carbocycles. The smallest absolute Gasteiger partial charge is 0.285 e. The summed E-state index contributed by atoms with van der Waals surface area (Å²) in [5, 5.41) is 0. The Bertz CT molecular complexity index is 1050. The maximum absolute atomic E-state index is 13.0. The van der Waals surface area contributed by atoms with Crippen LogP contribution in [0.15, 0.2) is 28.2 Å². The molecule has 2 fully saturated rings. The lowest BCUT2D eigenvalue weighted by Gasteiger charge is -2.37. The van der Waals surface area contributed by atoms with Crippen molar-refractivity contribution in [3.05, 3.63) is 40.5 Å². The van der Waals surface area contributed by atoms with E-state index in [1.165, 1.54) is 6.42 Å². The second kappa shape index (κ2) is 8.41. The predicted molar refractivity (Wildman–Crippen MR) is 124 cm³/mol. The van der Waals surface area contributed by atoms with Crippen molar-refractivity contribution in [2.24, 2.45) is 16.2 Å². The summed E-state index contributed by atoms with van der Waals surface area (Å²) in [7, 11) is -3.72. The van der Waals surface area contributed by atoms with Crippen LogP contribution >= 0.6 is 0 Å². The van der Waals surface area contributed by atoms with Crippen LogP contribution in [0.25, 0.3) is 4.91 Å². The number of amides is 1. The normalized spacial score (nSPS) is 24.5. The first-order valence-corrected chi connectivity index (χ1v) is 12.8. The van der Waals surface area contributed by atoms with Crippen molar-refractivity contribution in [3.8, 4) is 0 Å². The van der Waals surface area contributed by atoms with Gasteiger partial charge in [-0.25, -0.2) is 0 Å². The lowest BCUT2D eigenvalue weighted by atomic mass is 9.92. The van der Waals surface area contributed by atoms with Gasteiger partial charge in [0, 0.05) is 37.7 Å². The van der Waals surface area contributed by atoms with E-state index < -0.39 is 10.0 Å². The van der Waals surface area contributed by atoms with E-state index in [-0.39, 0.29) is 11.8 Å². The third kappa shape index (κ3) is 4.29. The van der Waals surface area contributed by atoms with Gasteiger partial charge >= 0.3 is 0 Å². The number of sulfonamides is 1. The molecule has 168 valence electrons. The molecule has 0 saturated carbocycles. The van der Waals surface area contributed by atoms with Crippen LogP contribution < -0.4 is 0 Å². The summed E-state index contributed by atoms with van der Waals surface area (Å²) < 4.78 is 29.9. The molecule has 3 heterocycles. The van der Waals surface area contributed by atoms with Crippen LogP contribution in [0.2, 0.25) is 0 Å². The number of aryl methyl sites for hydroxylation is 2. The molecule has 1 atom stereocenters. The molecule has 1 aromatic rings. The van der Waals surface area contributed by atoms with E-state index in [9.17, 15) is 13.2 Å². The maximum Gasteiger partial charge on any atom is 0.285 e. The fourth-order valence-electron chi connectivity index (χ4n) is 5.05. The maximum atomic E-state index is 13.0. The number of likely N-dealkylation sites (tertiary alicyclic amines) is 2. The van der Waals surface area contributed by atoms with Crippen molar-refractivity contribution in [1.29, 1.82) is 0 Å². The summed E-state index contributed by atoms with van der Waals surface area (Å²) >= 11 is 0. The van der Waals surface area contributed by atoms with Crippen LogP contribution in [0.1, 0.15) is 56.2 Å². The van der Waals surface area contributed by atoms with E-state index in [4.69, 9.17) is 0 Å². The van der Waals surface area contributed by atoms with Gasteiger partial charge in [-0.1, -0.05) is 25.1 Å². The number of hydrogen-bond acceptors (Lipinski definition) is 4. The Kier molecular flexibility index (Phi) is 5.99. The first-order valence-electron chi connectivity index (χ1n) is 11.3. The monoisotopic (exact) mass is 443 g/mol. The Labute approximate surface area is 186 Å². The largest absolute Gasteiger partial charge is 0.356 e. The molecule has 3 aliphatic rings. The number of carbonyl (C=O) groups excluding carboxylic acids is 1. The van der Waals surface area contributed by atoms with Gasteiger partial charge in [0.05, 0.1) is 0 Å². The van der Waals surface area contributed by atoms with Gasteiger partial charge in [0.2, 0.25) is 5.91 Å². The summed E-state index contributed by atoms with van der Waals surface area (Å²) in [5.74, 6) is 1.43. The highest BCUT2D eigenvalue weighted by molar-refractivity contribution is 8.00. The van der Waals surface area contributed by atoms with Crippen LogP contribution in [-0.4, -0.2) is 56.1 Å². The van der Waals surface area contributed by atoms with Gasteiger partial charge in [-0.15, -0.1) is 4.40 Å². The zero-order chi connectivity index (χ0) is 22.3. The zero-order valence-corrected chi connectivity index (χ0v) is 19.8. The molecule has 0 bridgehead atoms. The molecule has 0 aromatic heterocycles. The number of amidine groups is 1. The van der Waals surface area contributed by atoms with E-state index in [1.807, 2.05) is 48.8 Å². The van der Waals surface area contributed by atoms with Crippen molar-refractivity contribution < 1.29 is 13.2 Å². The highest BCUT2D eigenvalue weighted by Crippen LogP contribution is 2.35. The first kappa shape index (κ1) is 22.1.